The van der Waals surface area contributed by atoms with Gasteiger partial charge in [0, 0.05) is 0 Å². The number of carboxylic acid groups (broad SMARTS) is 2. The maximum Gasteiger partial charge on any atom is 0.325 e. The molecule has 0 aliphatic heterocycles. The summed E-state index contributed by atoms with van der Waals surface area (Å²) in [5.41, 5.74) is 6.73. The minimum atomic E-state index is -1.00. The highest BCUT2D eigenvalue weighted by atomic mass is 16.4. The number of hydrogen-bond acceptors (Lipinski definition) is 4. The summed E-state index contributed by atoms with van der Waals surface area (Å²) in [5, 5.41) is 20.0. The molecule has 0 unspecified atom stereocenters. The van der Waals surface area contributed by atoms with Crippen molar-refractivity contribution in [2.24, 2.45) is 5.73 Å². The standard InChI is InChI=1S/C9H11NO2.C8H9NO2/c1-10-8(9(11)12)7-5-3-2-4-6-7;9-7(8(10)11)6-4-2-1-3-5-6/h2-6,8,10H,1H3,(H,11,12);1-5,7H,9H2,(H,10,11)/t8-;7-/m11/s1. The predicted octanol–water partition coefficient (Wildman–Crippen LogP) is 1.80. The highest BCUT2D eigenvalue weighted by Gasteiger charge is 2.15. The Labute approximate surface area is 134 Å². The van der Waals surface area contributed by atoms with Crippen molar-refractivity contribution >= 4 is 11.9 Å². The molecular weight excluding hydrogens is 296 g/mol. The second kappa shape index (κ2) is 9.34. The van der Waals surface area contributed by atoms with E-state index in [1.54, 1.807) is 43.4 Å². The molecule has 0 amide bonds. The van der Waals surface area contributed by atoms with Gasteiger partial charge < -0.3 is 21.3 Å². The lowest BCUT2D eigenvalue weighted by Crippen LogP contribution is -2.24. The van der Waals surface area contributed by atoms with Gasteiger partial charge in [0.05, 0.1) is 0 Å². The summed E-state index contributed by atoms with van der Waals surface area (Å²) in [6, 6.07) is 16.3. The number of benzene rings is 2. The normalized spacial score (nSPS) is 12.4. The van der Waals surface area contributed by atoms with Crippen LogP contribution in [0.4, 0.5) is 0 Å². The predicted molar refractivity (Wildman–Crippen MR) is 86.9 cm³/mol. The molecule has 0 spiro atoms. The number of carbonyl (C=O) groups is 2. The lowest BCUT2D eigenvalue weighted by Gasteiger charge is -2.10. The molecule has 0 saturated heterocycles. The average molecular weight is 316 g/mol. The van der Waals surface area contributed by atoms with Crippen molar-refractivity contribution in [3.63, 3.8) is 0 Å². The Morgan fingerprint density at radius 2 is 1.30 bits per heavy atom. The lowest BCUT2D eigenvalue weighted by molar-refractivity contribution is -0.140. The fraction of sp³-hybridized carbons (Fsp3) is 0.176. The van der Waals surface area contributed by atoms with Crippen molar-refractivity contribution in [2.45, 2.75) is 12.1 Å². The van der Waals surface area contributed by atoms with E-state index in [0.29, 0.717) is 5.56 Å². The van der Waals surface area contributed by atoms with Crippen LogP contribution in [0.5, 0.6) is 0 Å². The van der Waals surface area contributed by atoms with Gasteiger partial charge in [0.15, 0.2) is 0 Å². The Bertz CT molecular complexity index is 617. The summed E-state index contributed by atoms with van der Waals surface area (Å²) in [5.74, 6) is -1.86. The third-order valence-electron chi connectivity index (χ3n) is 3.09. The van der Waals surface area contributed by atoms with Crippen LogP contribution in [-0.4, -0.2) is 29.2 Å². The fourth-order valence-electron chi connectivity index (χ4n) is 1.88. The quantitative estimate of drug-likeness (QED) is 0.669. The van der Waals surface area contributed by atoms with E-state index in [1.165, 1.54) is 0 Å². The molecule has 0 heterocycles. The van der Waals surface area contributed by atoms with Crippen LogP contribution in [0.25, 0.3) is 0 Å². The Balaban J connectivity index is 0.000000231. The molecule has 5 N–H and O–H groups in total. The first kappa shape index (κ1) is 18.3. The smallest absolute Gasteiger partial charge is 0.325 e. The maximum atomic E-state index is 10.7. The zero-order valence-electron chi connectivity index (χ0n) is 12.7. The van der Waals surface area contributed by atoms with Crippen LogP contribution in [0.2, 0.25) is 0 Å². The molecule has 0 radical (unpaired) electrons. The molecule has 0 fully saturated rings. The van der Waals surface area contributed by atoms with Crippen LogP contribution in [0.15, 0.2) is 60.7 Å². The Morgan fingerprint density at radius 3 is 1.65 bits per heavy atom. The van der Waals surface area contributed by atoms with Gasteiger partial charge in [-0.3, -0.25) is 9.59 Å². The fourth-order valence-corrected chi connectivity index (χ4v) is 1.88. The van der Waals surface area contributed by atoms with Gasteiger partial charge in [-0.05, 0) is 18.2 Å². The van der Waals surface area contributed by atoms with Crippen molar-refractivity contribution in [3.05, 3.63) is 71.8 Å². The number of aliphatic carboxylic acids is 2. The molecule has 6 heteroatoms. The van der Waals surface area contributed by atoms with Crippen molar-refractivity contribution in [2.75, 3.05) is 7.05 Å². The van der Waals surface area contributed by atoms with E-state index in [4.69, 9.17) is 15.9 Å². The van der Waals surface area contributed by atoms with Crippen LogP contribution in [0, 0.1) is 0 Å². The van der Waals surface area contributed by atoms with Gasteiger partial charge in [-0.2, -0.15) is 0 Å². The van der Waals surface area contributed by atoms with E-state index < -0.39 is 24.0 Å². The third kappa shape index (κ3) is 5.90. The van der Waals surface area contributed by atoms with Gasteiger partial charge in [0.2, 0.25) is 0 Å². The minimum absolute atomic E-state index is 0.605. The van der Waals surface area contributed by atoms with Gasteiger partial charge in [-0.1, -0.05) is 60.7 Å². The summed E-state index contributed by atoms with van der Waals surface area (Å²) >= 11 is 0. The molecule has 0 saturated carbocycles. The zero-order valence-corrected chi connectivity index (χ0v) is 12.7. The van der Waals surface area contributed by atoms with E-state index in [9.17, 15) is 9.59 Å². The van der Waals surface area contributed by atoms with Crippen molar-refractivity contribution < 1.29 is 19.8 Å². The first-order chi connectivity index (χ1) is 11.0. The SMILES string of the molecule is CN[C@@H](C(=O)O)c1ccccc1.N[C@@H](C(=O)O)c1ccccc1. The Hall–Kier alpha value is -2.70. The maximum absolute atomic E-state index is 10.7. The molecule has 2 aromatic rings. The van der Waals surface area contributed by atoms with Crippen molar-refractivity contribution in [1.82, 2.24) is 5.32 Å². The van der Waals surface area contributed by atoms with Gasteiger partial charge in [-0.15, -0.1) is 0 Å². The van der Waals surface area contributed by atoms with Crippen LogP contribution in [-0.2, 0) is 9.59 Å². The molecule has 0 aliphatic carbocycles. The number of carboxylic acids is 2. The molecule has 0 aromatic heterocycles. The molecule has 2 aromatic carbocycles. The zero-order chi connectivity index (χ0) is 17.2. The molecule has 23 heavy (non-hydrogen) atoms. The average Bonchev–Trinajstić information content (AvgIpc) is 2.57. The van der Waals surface area contributed by atoms with E-state index >= 15 is 0 Å². The van der Waals surface area contributed by atoms with Gasteiger partial charge in [-0.25, -0.2) is 0 Å². The molecule has 6 nitrogen and oxygen atoms in total. The van der Waals surface area contributed by atoms with E-state index in [2.05, 4.69) is 5.32 Å². The Kier molecular flexibility index (Phi) is 7.45. The topological polar surface area (TPSA) is 113 Å². The number of hydrogen-bond donors (Lipinski definition) is 4. The molecule has 0 aliphatic rings. The molecule has 2 atom stereocenters. The summed E-state index contributed by atoms with van der Waals surface area (Å²) in [6.07, 6.45) is 0. The van der Waals surface area contributed by atoms with E-state index in [-0.39, 0.29) is 0 Å². The number of nitrogens with two attached hydrogens (primary N) is 1. The summed E-state index contributed by atoms with van der Waals surface area (Å²) in [4.78, 5) is 21.0. The molecule has 2 rings (SSSR count). The number of nitrogens with one attached hydrogen (secondary N) is 1. The van der Waals surface area contributed by atoms with Gasteiger partial charge in [0.25, 0.3) is 0 Å². The lowest BCUT2D eigenvalue weighted by atomic mass is 10.1. The Morgan fingerprint density at radius 1 is 0.870 bits per heavy atom. The van der Waals surface area contributed by atoms with Crippen molar-refractivity contribution in [1.29, 1.82) is 0 Å². The van der Waals surface area contributed by atoms with Crippen molar-refractivity contribution in [3.8, 4) is 0 Å². The van der Waals surface area contributed by atoms with Crippen LogP contribution in [0.3, 0.4) is 0 Å². The first-order valence-corrected chi connectivity index (χ1v) is 6.95. The minimum Gasteiger partial charge on any atom is -0.480 e. The molecule has 122 valence electrons. The summed E-state index contributed by atoms with van der Waals surface area (Å²) in [7, 11) is 1.63. The van der Waals surface area contributed by atoms with E-state index in [0.717, 1.165) is 5.56 Å². The third-order valence-corrected chi connectivity index (χ3v) is 3.09. The number of rotatable bonds is 5. The largest absolute Gasteiger partial charge is 0.480 e. The highest BCUT2D eigenvalue weighted by Crippen LogP contribution is 2.11. The first-order valence-electron chi connectivity index (χ1n) is 6.95. The number of likely N-dealkylation sites (N-methyl/N-ethyl adjacent to an activating group) is 1. The monoisotopic (exact) mass is 316 g/mol. The second-order valence-electron chi connectivity index (χ2n) is 4.70. The van der Waals surface area contributed by atoms with Gasteiger partial charge in [0.1, 0.15) is 12.1 Å². The summed E-state index contributed by atoms with van der Waals surface area (Å²) < 4.78 is 0. The summed E-state index contributed by atoms with van der Waals surface area (Å²) in [6.45, 7) is 0. The molecule has 0 bridgehead atoms. The van der Waals surface area contributed by atoms with E-state index in [1.807, 2.05) is 24.3 Å². The second-order valence-corrected chi connectivity index (χ2v) is 4.70. The highest BCUT2D eigenvalue weighted by molar-refractivity contribution is 5.75. The van der Waals surface area contributed by atoms with Crippen LogP contribution in [0.1, 0.15) is 23.2 Å². The van der Waals surface area contributed by atoms with Crippen LogP contribution >= 0.6 is 0 Å². The van der Waals surface area contributed by atoms with Crippen LogP contribution < -0.4 is 11.1 Å². The molecular formula is C17H20N2O4. The van der Waals surface area contributed by atoms with Gasteiger partial charge >= 0.3 is 11.9 Å².